The van der Waals surface area contributed by atoms with Gasteiger partial charge in [-0.1, -0.05) is 79.4 Å². The van der Waals surface area contributed by atoms with Crippen molar-refractivity contribution in [2.45, 2.75) is 77.6 Å². The summed E-state index contributed by atoms with van der Waals surface area (Å²) in [5.41, 5.74) is 1.32. The zero-order valence-electron chi connectivity index (χ0n) is 15.4. The summed E-state index contributed by atoms with van der Waals surface area (Å²) in [4.78, 5) is 11.6. The van der Waals surface area contributed by atoms with Gasteiger partial charge in [0.2, 0.25) is 0 Å². The Balaban J connectivity index is 3.62. The van der Waals surface area contributed by atoms with E-state index in [1.807, 2.05) is 6.08 Å². The summed E-state index contributed by atoms with van der Waals surface area (Å²) in [7, 11) is 0. The predicted octanol–water partition coefficient (Wildman–Crippen LogP) is 6.90. The van der Waals surface area contributed by atoms with Crippen LogP contribution in [0.3, 0.4) is 0 Å². The Morgan fingerprint density at radius 2 is 1.79 bits per heavy atom. The van der Waals surface area contributed by atoms with E-state index >= 15 is 0 Å². The van der Waals surface area contributed by atoms with Gasteiger partial charge in [-0.05, 0) is 44.1 Å². The summed E-state index contributed by atoms with van der Waals surface area (Å²) < 4.78 is 5.28. The Labute approximate surface area is 157 Å². The van der Waals surface area contributed by atoms with Gasteiger partial charge in [-0.25, -0.2) is 0 Å². The van der Waals surface area contributed by atoms with Crippen molar-refractivity contribution < 1.29 is 9.53 Å². The van der Waals surface area contributed by atoms with E-state index in [4.69, 9.17) is 4.74 Å². The number of allylic oxidation sites excluding steroid dienone is 5. The first-order valence-electron chi connectivity index (χ1n) is 9.44. The van der Waals surface area contributed by atoms with Gasteiger partial charge in [-0.2, -0.15) is 0 Å². The summed E-state index contributed by atoms with van der Waals surface area (Å²) in [5, 5.41) is 1.08. The van der Waals surface area contributed by atoms with Gasteiger partial charge in [0.15, 0.2) is 0 Å². The summed E-state index contributed by atoms with van der Waals surface area (Å²) in [5.74, 6) is -0.0466. The number of rotatable bonds is 16. The van der Waals surface area contributed by atoms with Gasteiger partial charge in [0.05, 0.1) is 6.61 Å². The number of ether oxygens (including phenoxy) is 1. The molecule has 2 nitrogen and oxygen atoms in total. The third-order valence-electron chi connectivity index (χ3n) is 3.78. The first kappa shape index (κ1) is 23.2. The number of esters is 1. The molecular weight excluding hydrogens is 364 g/mol. The van der Waals surface area contributed by atoms with Crippen LogP contribution in [0.25, 0.3) is 0 Å². The molecule has 0 amide bonds. The molecule has 0 aromatic carbocycles. The van der Waals surface area contributed by atoms with Crippen molar-refractivity contribution in [3.8, 4) is 0 Å². The molecule has 0 aliphatic carbocycles. The summed E-state index contributed by atoms with van der Waals surface area (Å²) in [6, 6.07) is 0. The SMILES string of the molecule is C=C/C=C(\C=C/CCCOC(=O)CCCCCCCBr)CCCC. The summed E-state index contributed by atoms with van der Waals surface area (Å²) in [6.07, 6.45) is 19.9. The molecule has 0 N–H and O–H groups in total. The van der Waals surface area contributed by atoms with Crippen LogP contribution in [0.4, 0.5) is 0 Å². The van der Waals surface area contributed by atoms with Gasteiger partial charge in [-0.3, -0.25) is 4.79 Å². The van der Waals surface area contributed by atoms with Gasteiger partial charge < -0.3 is 4.74 Å². The van der Waals surface area contributed by atoms with E-state index in [2.05, 4.69) is 47.7 Å². The van der Waals surface area contributed by atoms with Gasteiger partial charge >= 0.3 is 5.97 Å². The minimum Gasteiger partial charge on any atom is -0.466 e. The van der Waals surface area contributed by atoms with Crippen LogP contribution in [0.1, 0.15) is 77.6 Å². The van der Waals surface area contributed by atoms with Crippen LogP contribution in [0, 0.1) is 0 Å². The molecule has 0 aliphatic rings. The van der Waals surface area contributed by atoms with Crippen LogP contribution in [-0.2, 0) is 9.53 Å². The number of carbonyl (C=O) groups is 1. The Morgan fingerprint density at radius 3 is 2.50 bits per heavy atom. The van der Waals surface area contributed by atoms with Crippen LogP contribution in [0.2, 0.25) is 0 Å². The number of alkyl halides is 1. The molecule has 0 atom stereocenters. The molecule has 0 radical (unpaired) electrons. The number of hydrogen-bond donors (Lipinski definition) is 0. The van der Waals surface area contributed by atoms with E-state index in [1.54, 1.807) is 0 Å². The minimum absolute atomic E-state index is 0.0466. The summed E-state index contributed by atoms with van der Waals surface area (Å²) >= 11 is 3.43. The fourth-order valence-electron chi connectivity index (χ4n) is 2.34. The lowest BCUT2D eigenvalue weighted by atomic mass is 10.1. The van der Waals surface area contributed by atoms with Crippen molar-refractivity contribution in [3.63, 3.8) is 0 Å². The molecule has 0 saturated heterocycles. The van der Waals surface area contributed by atoms with Gasteiger partial charge in [-0.15, -0.1) is 0 Å². The zero-order chi connectivity index (χ0) is 17.9. The maximum atomic E-state index is 11.6. The molecule has 0 bridgehead atoms. The Bertz CT molecular complexity index is 372. The smallest absolute Gasteiger partial charge is 0.305 e. The second-order valence-corrected chi connectivity index (χ2v) is 6.85. The zero-order valence-corrected chi connectivity index (χ0v) is 17.0. The van der Waals surface area contributed by atoms with Gasteiger partial charge in [0.1, 0.15) is 0 Å². The Kier molecular flexibility index (Phi) is 17.9. The molecule has 0 aromatic heterocycles. The van der Waals surface area contributed by atoms with E-state index in [9.17, 15) is 4.79 Å². The van der Waals surface area contributed by atoms with Crippen molar-refractivity contribution in [2.75, 3.05) is 11.9 Å². The largest absolute Gasteiger partial charge is 0.466 e. The Morgan fingerprint density at radius 1 is 1.04 bits per heavy atom. The highest BCUT2D eigenvalue weighted by Crippen LogP contribution is 2.10. The normalized spacial score (nSPS) is 11.8. The van der Waals surface area contributed by atoms with Crippen molar-refractivity contribution in [3.05, 3.63) is 36.5 Å². The Hall–Kier alpha value is -0.830. The summed E-state index contributed by atoms with van der Waals surface area (Å²) in [6.45, 7) is 6.49. The third kappa shape index (κ3) is 16.0. The number of carbonyl (C=O) groups excluding carboxylic acids is 1. The molecule has 0 unspecified atom stereocenters. The second-order valence-electron chi connectivity index (χ2n) is 6.05. The van der Waals surface area contributed by atoms with E-state index in [0.717, 1.165) is 37.4 Å². The average Bonchev–Trinajstić information content (AvgIpc) is 2.58. The van der Waals surface area contributed by atoms with Crippen molar-refractivity contribution in [1.29, 1.82) is 0 Å². The first-order valence-corrected chi connectivity index (χ1v) is 10.6. The highest BCUT2D eigenvalue weighted by molar-refractivity contribution is 9.09. The van der Waals surface area contributed by atoms with Crippen molar-refractivity contribution >= 4 is 21.9 Å². The number of unbranched alkanes of at least 4 members (excludes halogenated alkanes) is 6. The van der Waals surface area contributed by atoms with Gasteiger partial charge in [0, 0.05) is 11.8 Å². The topological polar surface area (TPSA) is 26.3 Å². The maximum absolute atomic E-state index is 11.6. The van der Waals surface area contributed by atoms with Crippen LogP contribution >= 0.6 is 15.9 Å². The van der Waals surface area contributed by atoms with E-state index < -0.39 is 0 Å². The lowest BCUT2D eigenvalue weighted by molar-refractivity contribution is -0.143. The van der Waals surface area contributed by atoms with Crippen molar-refractivity contribution in [1.82, 2.24) is 0 Å². The lowest BCUT2D eigenvalue weighted by Gasteiger charge is -2.04. The third-order valence-corrected chi connectivity index (χ3v) is 4.34. The fraction of sp³-hybridized carbons (Fsp3) is 0.667. The molecule has 3 heteroatoms. The molecule has 0 aromatic rings. The number of halogens is 1. The minimum atomic E-state index is -0.0466. The van der Waals surface area contributed by atoms with Crippen molar-refractivity contribution in [2.24, 2.45) is 0 Å². The average molecular weight is 399 g/mol. The maximum Gasteiger partial charge on any atom is 0.305 e. The first-order chi connectivity index (χ1) is 11.7. The highest BCUT2D eigenvalue weighted by Gasteiger charge is 2.01. The lowest BCUT2D eigenvalue weighted by Crippen LogP contribution is -2.05. The molecule has 0 saturated carbocycles. The highest BCUT2D eigenvalue weighted by atomic mass is 79.9. The number of hydrogen-bond acceptors (Lipinski definition) is 2. The predicted molar refractivity (Wildman–Crippen MR) is 109 cm³/mol. The fourth-order valence-corrected chi connectivity index (χ4v) is 2.74. The molecule has 0 aliphatic heterocycles. The van der Waals surface area contributed by atoms with E-state index in [1.165, 1.54) is 37.7 Å². The van der Waals surface area contributed by atoms with Crippen LogP contribution in [0.15, 0.2) is 36.5 Å². The molecular formula is C21H35BrO2. The van der Waals surface area contributed by atoms with Gasteiger partial charge in [0.25, 0.3) is 0 Å². The van der Waals surface area contributed by atoms with Crippen LogP contribution in [0.5, 0.6) is 0 Å². The molecule has 0 heterocycles. The molecule has 24 heavy (non-hydrogen) atoms. The quantitative estimate of drug-likeness (QED) is 0.122. The van der Waals surface area contributed by atoms with Crippen LogP contribution < -0.4 is 0 Å². The standard InChI is InChI=1S/C21H35BrO2/c1-3-5-15-20(14-4-2)16-10-9-13-19-24-21(23)17-11-7-6-8-12-18-22/h4,10,14,16H,2-3,5-9,11-13,15,17-19H2,1H3/b16-10-,20-14-. The van der Waals surface area contributed by atoms with E-state index in [0.29, 0.717) is 13.0 Å². The molecule has 0 rings (SSSR count). The van der Waals surface area contributed by atoms with Crippen LogP contribution in [-0.4, -0.2) is 17.9 Å². The van der Waals surface area contributed by atoms with E-state index in [-0.39, 0.29) is 5.97 Å². The monoisotopic (exact) mass is 398 g/mol. The molecule has 138 valence electrons. The molecule has 0 spiro atoms. The molecule has 0 fully saturated rings. The second kappa shape index (κ2) is 18.5.